The van der Waals surface area contributed by atoms with E-state index >= 15 is 0 Å². The van der Waals surface area contributed by atoms with E-state index in [0.717, 1.165) is 6.08 Å². The number of carboxylic acids is 2. The number of nitrogens with one attached hydrogen (secondary N) is 3. The Bertz CT molecular complexity index is 972. The molecule has 2 unspecified atom stereocenters. The molecule has 0 fully saturated rings. The van der Waals surface area contributed by atoms with Crippen LogP contribution < -0.4 is 21.7 Å². The number of carboxylic acid groups (broad SMARTS) is 2. The Morgan fingerprint density at radius 2 is 1.60 bits per heavy atom. The maximum absolute atomic E-state index is 12.6. The van der Waals surface area contributed by atoms with Gasteiger partial charge in [-0.3, -0.25) is 24.0 Å². The molecular formula is C23H30N4O8. The molecule has 0 bridgehead atoms. The summed E-state index contributed by atoms with van der Waals surface area (Å²) >= 11 is 0. The maximum atomic E-state index is 12.6. The van der Waals surface area contributed by atoms with Crippen molar-refractivity contribution in [3.8, 4) is 0 Å². The maximum Gasteiger partial charge on any atom is 0.328 e. The number of hydrogen-bond acceptors (Lipinski definition) is 6. The molecule has 0 saturated carbocycles. The second-order valence-electron chi connectivity index (χ2n) is 8.12. The van der Waals surface area contributed by atoms with Crippen LogP contribution in [-0.4, -0.2) is 64.4 Å². The lowest BCUT2D eigenvalue weighted by atomic mass is 10.0. The Kier molecular flexibility index (Phi) is 11.6. The summed E-state index contributed by atoms with van der Waals surface area (Å²) in [6, 6.07) is 3.68. The van der Waals surface area contributed by atoms with Crippen LogP contribution in [0.1, 0.15) is 49.0 Å². The Morgan fingerprint density at radius 3 is 2.11 bits per heavy atom. The Morgan fingerprint density at radius 1 is 0.971 bits per heavy atom. The van der Waals surface area contributed by atoms with Crippen molar-refractivity contribution in [3.05, 3.63) is 41.5 Å². The van der Waals surface area contributed by atoms with Crippen LogP contribution in [0.4, 0.5) is 0 Å². The van der Waals surface area contributed by atoms with E-state index < -0.39 is 60.6 Å². The highest BCUT2D eigenvalue weighted by Crippen LogP contribution is 2.07. The minimum absolute atomic E-state index is 0.0392. The lowest BCUT2D eigenvalue weighted by Gasteiger charge is -2.22. The van der Waals surface area contributed by atoms with Gasteiger partial charge in [-0.25, -0.2) is 4.79 Å². The van der Waals surface area contributed by atoms with Crippen LogP contribution in [0.2, 0.25) is 0 Å². The molecule has 0 aliphatic rings. The predicted octanol–water partition coefficient (Wildman–Crippen LogP) is -0.120. The molecule has 1 rings (SSSR count). The van der Waals surface area contributed by atoms with Crippen LogP contribution in [0.15, 0.2) is 30.3 Å². The van der Waals surface area contributed by atoms with Gasteiger partial charge < -0.3 is 31.9 Å². The second kappa shape index (κ2) is 14.1. The third kappa shape index (κ3) is 11.5. The topological polar surface area (TPSA) is 205 Å². The molecule has 1 aromatic carbocycles. The fourth-order valence-electron chi connectivity index (χ4n) is 2.95. The van der Waals surface area contributed by atoms with Gasteiger partial charge in [0.15, 0.2) is 0 Å². The zero-order valence-electron chi connectivity index (χ0n) is 19.4. The van der Waals surface area contributed by atoms with E-state index in [0.29, 0.717) is 5.56 Å². The van der Waals surface area contributed by atoms with Crippen LogP contribution in [0.25, 0.3) is 6.08 Å². The van der Waals surface area contributed by atoms with Crippen LogP contribution in [-0.2, 0) is 24.0 Å². The van der Waals surface area contributed by atoms with E-state index in [1.807, 2.05) is 13.8 Å². The molecule has 0 heterocycles. The largest absolute Gasteiger partial charge is 0.481 e. The summed E-state index contributed by atoms with van der Waals surface area (Å²) in [6.07, 6.45) is 1.91. The molecule has 0 radical (unpaired) electrons. The SMILES string of the molecule is CC(C)CC(NC(=O)C(CCC(=O)O)NC(=O)CNC(=O)c1ccc(C=CC(=O)O)cc1)C(N)=O. The van der Waals surface area contributed by atoms with Gasteiger partial charge in [0.1, 0.15) is 12.1 Å². The average molecular weight is 491 g/mol. The number of aliphatic carboxylic acids is 2. The Labute approximate surface area is 201 Å². The number of hydrogen-bond donors (Lipinski definition) is 6. The van der Waals surface area contributed by atoms with Crippen molar-refractivity contribution >= 4 is 41.6 Å². The smallest absolute Gasteiger partial charge is 0.328 e. The number of primary amides is 1. The fourth-order valence-corrected chi connectivity index (χ4v) is 2.95. The van der Waals surface area contributed by atoms with E-state index in [-0.39, 0.29) is 24.3 Å². The summed E-state index contributed by atoms with van der Waals surface area (Å²) in [5.74, 6) is -5.11. The van der Waals surface area contributed by atoms with E-state index in [1.165, 1.54) is 30.3 Å². The van der Waals surface area contributed by atoms with E-state index in [2.05, 4.69) is 16.0 Å². The van der Waals surface area contributed by atoms with Crippen molar-refractivity contribution in [2.24, 2.45) is 11.7 Å². The van der Waals surface area contributed by atoms with Gasteiger partial charge >= 0.3 is 11.9 Å². The first-order valence-electron chi connectivity index (χ1n) is 10.8. The second-order valence-corrected chi connectivity index (χ2v) is 8.12. The molecule has 1 aromatic rings. The molecule has 7 N–H and O–H groups in total. The highest BCUT2D eigenvalue weighted by molar-refractivity contribution is 5.97. The van der Waals surface area contributed by atoms with Gasteiger partial charge in [0.2, 0.25) is 17.7 Å². The van der Waals surface area contributed by atoms with Crippen molar-refractivity contribution in [1.82, 2.24) is 16.0 Å². The molecule has 0 aromatic heterocycles. The Hall–Kier alpha value is -4.22. The monoisotopic (exact) mass is 490 g/mol. The standard InChI is InChI=1S/C23H30N4O8/c1-13(2)11-17(21(24)33)27-23(35)16(8-10-20(31)32)26-18(28)12-25-22(34)15-6-3-14(4-7-15)5-9-19(29)30/h3-7,9,13,16-17H,8,10-12H2,1-2H3,(H2,24,33)(H,25,34)(H,26,28)(H,27,35)(H,29,30)(H,31,32). The molecule has 12 nitrogen and oxygen atoms in total. The lowest BCUT2D eigenvalue weighted by molar-refractivity contribution is -0.138. The fraction of sp³-hybridized carbons (Fsp3) is 0.391. The molecular weight excluding hydrogens is 460 g/mol. The molecule has 190 valence electrons. The first-order valence-corrected chi connectivity index (χ1v) is 10.8. The number of carbonyl (C=O) groups excluding carboxylic acids is 4. The van der Waals surface area contributed by atoms with E-state index in [4.69, 9.17) is 15.9 Å². The predicted molar refractivity (Wildman–Crippen MR) is 125 cm³/mol. The van der Waals surface area contributed by atoms with E-state index in [9.17, 15) is 28.8 Å². The third-order valence-corrected chi connectivity index (χ3v) is 4.67. The number of amides is 4. The van der Waals surface area contributed by atoms with Crippen molar-refractivity contribution < 1.29 is 39.0 Å². The van der Waals surface area contributed by atoms with Gasteiger partial charge in [-0.2, -0.15) is 0 Å². The summed E-state index contributed by atoms with van der Waals surface area (Å²) < 4.78 is 0. The van der Waals surface area contributed by atoms with Gasteiger partial charge in [0.25, 0.3) is 5.91 Å². The van der Waals surface area contributed by atoms with Crippen LogP contribution in [0, 0.1) is 5.92 Å². The minimum Gasteiger partial charge on any atom is -0.481 e. The first-order chi connectivity index (χ1) is 16.4. The molecule has 4 amide bonds. The third-order valence-electron chi connectivity index (χ3n) is 4.67. The van der Waals surface area contributed by atoms with E-state index in [1.54, 1.807) is 0 Å². The van der Waals surface area contributed by atoms with Crippen molar-refractivity contribution in [2.75, 3.05) is 6.54 Å². The quantitative estimate of drug-likeness (QED) is 0.193. The highest BCUT2D eigenvalue weighted by Gasteiger charge is 2.26. The van der Waals surface area contributed by atoms with Crippen LogP contribution >= 0.6 is 0 Å². The van der Waals surface area contributed by atoms with Crippen LogP contribution in [0.5, 0.6) is 0 Å². The van der Waals surface area contributed by atoms with Gasteiger partial charge in [0, 0.05) is 18.1 Å². The number of nitrogens with two attached hydrogens (primary N) is 1. The lowest BCUT2D eigenvalue weighted by Crippen LogP contribution is -2.54. The van der Waals surface area contributed by atoms with Crippen molar-refractivity contribution in [3.63, 3.8) is 0 Å². The van der Waals surface area contributed by atoms with Gasteiger partial charge in [0.05, 0.1) is 6.54 Å². The summed E-state index contributed by atoms with van der Waals surface area (Å²) in [4.78, 5) is 70.4. The summed E-state index contributed by atoms with van der Waals surface area (Å²) in [5.41, 5.74) is 6.09. The zero-order chi connectivity index (χ0) is 26.5. The number of rotatable bonds is 14. The molecule has 12 heteroatoms. The molecule has 0 saturated heterocycles. The summed E-state index contributed by atoms with van der Waals surface area (Å²) in [5, 5.41) is 24.8. The minimum atomic E-state index is -1.26. The van der Waals surface area contributed by atoms with Crippen molar-refractivity contribution in [1.29, 1.82) is 0 Å². The van der Waals surface area contributed by atoms with Gasteiger partial charge in [-0.1, -0.05) is 26.0 Å². The summed E-state index contributed by atoms with van der Waals surface area (Å²) in [7, 11) is 0. The zero-order valence-corrected chi connectivity index (χ0v) is 19.4. The van der Waals surface area contributed by atoms with Gasteiger partial charge in [-0.15, -0.1) is 0 Å². The normalized spacial score (nSPS) is 12.5. The molecule has 0 aliphatic heterocycles. The molecule has 0 spiro atoms. The van der Waals surface area contributed by atoms with Gasteiger partial charge in [-0.05, 0) is 42.5 Å². The highest BCUT2D eigenvalue weighted by atomic mass is 16.4. The average Bonchev–Trinajstić information content (AvgIpc) is 2.78. The number of carbonyl (C=O) groups is 6. The Balaban J connectivity index is 2.75. The molecule has 2 atom stereocenters. The van der Waals surface area contributed by atoms with Crippen LogP contribution in [0.3, 0.4) is 0 Å². The number of benzene rings is 1. The molecule has 0 aliphatic carbocycles. The summed E-state index contributed by atoms with van der Waals surface area (Å²) in [6.45, 7) is 3.16. The first kappa shape index (κ1) is 28.8. The molecule has 35 heavy (non-hydrogen) atoms. The van der Waals surface area contributed by atoms with Crippen molar-refractivity contribution in [2.45, 2.75) is 45.2 Å².